The molecule has 1 saturated heterocycles. The molecule has 2 aromatic rings. The SMILES string of the molecule is CCC(N)(Cc1ccc(CC(=O)N(C)CCN)cc1)C(=O)c1ccc(N2CCCC2)cc1. The maximum Gasteiger partial charge on any atom is 0.226 e. The van der Waals surface area contributed by atoms with Gasteiger partial charge in [0.25, 0.3) is 0 Å². The maximum absolute atomic E-state index is 13.3. The van der Waals surface area contributed by atoms with Crippen LogP contribution >= 0.6 is 0 Å². The first-order valence-corrected chi connectivity index (χ1v) is 11.6. The first kappa shape index (κ1) is 24.0. The zero-order valence-corrected chi connectivity index (χ0v) is 19.3. The summed E-state index contributed by atoms with van der Waals surface area (Å²) in [6.07, 6.45) is 3.78. The van der Waals surface area contributed by atoms with Gasteiger partial charge in [-0.2, -0.15) is 0 Å². The van der Waals surface area contributed by atoms with Gasteiger partial charge in [-0.3, -0.25) is 9.59 Å². The highest BCUT2D eigenvalue weighted by Crippen LogP contribution is 2.24. The monoisotopic (exact) mass is 436 g/mol. The van der Waals surface area contributed by atoms with Gasteiger partial charge in [0.05, 0.1) is 12.0 Å². The Balaban J connectivity index is 1.66. The molecule has 6 heteroatoms. The molecule has 2 aromatic carbocycles. The first-order chi connectivity index (χ1) is 15.4. The van der Waals surface area contributed by atoms with Gasteiger partial charge in [-0.1, -0.05) is 31.2 Å². The minimum Gasteiger partial charge on any atom is -0.372 e. The van der Waals surface area contributed by atoms with Crippen LogP contribution in [0.4, 0.5) is 5.69 Å². The molecule has 32 heavy (non-hydrogen) atoms. The number of ketones is 1. The Bertz CT molecular complexity index is 904. The molecule has 0 radical (unpaired) electrons. The number of benzene rings is 2. The summed E-state index contributed by atoms with van der Waals surface area (Å²) in [4.78, 5) is 29.5. The van der Waals surface area contributed by atoms with Crippen LogP contribution in [0, 0.1) is 0 Å². The lowest BCUT2D eigenvalue weighted by Crippen LogP contribution is -2.49. The van der Waals surface area contributed by atoms with Crippen molar-refractivity contribution >= 4 is 17.4 Å². The van der Waals surface area contributed by atoms with Crippen molar-refractivity contribution in [2.75, 3.05) is 38.1 Å². The van der Waals surface area contributed by atoms with Crippen LogP contribution in [-0.2, 0) is 17.6 Å². The van der Waals surface area contributed by atoms with Crippen molar-refractivity contribution in [3.05, 3.63) is 65.2 Å². The molecule has 1 unspecified atom stereocenters. The lowest BCUT2D eigenvalue weighted by molar-refractivity contribution is -0.129. The maximum atomic E-state index is 13.3. The number of anilines is 1. The van der Waals surface area contributed by atoms with Crippen LogP contribution in [0.25, 0.3) is 0 Å². The van der Waals surface area contributed by atoms with E-state index in [9.17, 15) is 9.59 Å². The molecule has 0 aliphatic carbocycles. The van der Waals surface area contributed by atoms with Crippen LogP contribution in [0.2, 0.25) is 0 Å². The number of likely N-dealkylation sites (N-methyl/N-ethyl adjacent to an activating group) is 1. The van der Waals surface area contributed by atoms with Crippen molar-refractivity contribution in [2.45, 2.75) is 44.6 Å². The summed E-state index contributed by atoms with van der Waals surface area (Å²) < 4.78 is 0. The molecular weight excluding hydrogens is 400 g/mol. The number of carbonyl (C=O) groups is 2. The van der Waals surface area contributed by atoms with Crippen LogP contribution in [0.3, 0.4) is 0 Å². The molecule has 1 heterocycles. The van der Waals surface area contributed by atoms with Crippen molar-refractivity contribution in [1.82, 2.24) is 4.90 Å². The van der Waals surface area contributed by atoms with E-state index >= 15 is 0 Å². The predicted octanol–water partition coefficient (Wildman–Crippen LogP) is 2.78. The van der Waals surface area contributed by atoms with E-state index in [1.165, 1.54) is 18.5 Å². The molecule has 3 rings (SSSR count). The van der Waals surface area contributed by atoms with Gasteiger partial charge in [0, 0.05) is 44.5 Å². The number of nitrogens with two attached hydrogens (primary N) is 2. The standard InChI is InChI=1S/C26H36N4O2/c1-3-26(28,25(32)22-10-12-23(13-11-22)30-15-4-5-16-30)19-21-8-6-20(7-9-21)18-24(31)29(2)17-14-27/h6-13H,3-5,14-19,27-28H2,1-2H3. The minimum atomic E-state index is -0.964. The molecule has 1 atom stereocenters. The van der Waals surface area contributed by atoms with Crippen molar-refractivity contribution in [1.29, 1.82) is 0 Å². The van der Waals surface area contributed by atoms with Crippen LogP contribution in [0.15, 0.2) is 48.5 Å². The van der Waals surface area contributed by atoms with E-state index in [0.717, 1.165) is 24.2 Å². The summed E-state index contributed by atoms with van der Waals surface area (Å²) in [5.74, 6) is 0.00752. The summed E-state index contributed by atoms with van der Waals surface area (Å²) in [5.41, 5.74) is 14.9. The van der Waals surface area contributed by atoms with E-state index in [1.807, 2.05) is 55.5 Å². The Morgan fingerprint density at radius 1 is 1.00 bits per heavy atom. The minimum absolute atomic E-state index is 0.0318. The predicted molar refractivity (Wildman–Crippen MR) is 130 cm³/mol. The average molecular weight is 437 g/mol. The van der Waals surface area contributed by atoms with E-state index < -0.39 is 5.54 Å². The van der Waals surface area contributed by atoms with E-state index in [0.29, 0.717) is 37.9 Å². The van der Waals surface area contributed by atoms with Gasteiger partial charge in [-0.25, -0.2) is 0 Å². The zero-order chi connectivity index (χ0) is 23.1. The molecule has 1 amide bonds. The van der Waals surface area contributed by atoms with Gasteiger partial charge in [0.1, 0.15) is 0 Å². The van der Waals surface area contributed by atoms with Crippen LogP contribution in [0.1, 0.15) is 47.7 Å². The molecule has 0 spiro atoms. The Hall–Kier alpha value is -2.70. The largest absolute Gasteiger partial charge is 0.372 e. The molecule has 0 bridgehead atoms. The van der Waals surface area contributed by atoms with Crippen molar-refractivity contribution in [3.8, 4) is 0 Å². The molecular formula is C26H36N4O2. The molecule has 0 saturated carbocycles. The first-order valence-electron chi connectivity index (χ1n) is 11.6. The van der Waals surface area contributed by atoms with E-state index in [-0.39, 0.29) is 11.7 Å². The lowest BCUT2D eigenvalue weighted by atomic mass is 9.82. The van der Waals surface area contributed by atoms with Gasteiger partial charge in [-0.05, 0) is 61.1 Å². The molecule has 1 aliphatic heterocycles. The third-order valence-electron chi connectivity index (χ3n) is 6.47. The molecule has 4 N–H and O–H groups in total. The van der Waals surface area contributed by atoms with Gasteiger partial charge >= 0.3 is 0 Å². The number of rotatable bonds is 10. The highest BCUT2D eigenvalue weighted by atomic mass is 16.2. The Morgan fingerprint density at radius 3 is 2.16 bits per heavy atom. The highest BCUT2D eigenvalue weighted by molar-refractivity contribution is 6.03. The quantitative estimate of drug-likeness (QED) is 0.559. The second-order valence-electron chi connectivity index (χ2n) is 8.85. The number of hydrogen-bond donors (Lipinski definition) is 2. The van der Waals surface area contributed by atoms with Crippen molar-refractivity contribution in [2.24, 2.45) is 11.5 Å². The Labute approximate surface area is 191 Å². The molecule has 1 fully saturated rings. The fourth-order valence-electron chi connectivity index (χ4n) is 4.22. The third kappa shape index (κ3) is 5.75. The van der Waals surface area contributed by atoms with Crippen molar-refractivity contribution in [3.63, 3.8) is 0 Å². The normalized spacial score (nSPS) is 15.4. The topological polar surface area (TPSA) is 92.7 Å². The number of nitrogens with zero attached hydrogens (tertiary/aromatic N) is 2. The zero-order valence-electron chi connectivity index (χ0n) is 19.3. The number of Topliss-reactive ketones (excluding diaryl/α,β-unsaturated/α-hetero) is 1. The van der Waals surface area contributed by atoms with Crippen LogP contribution in [0.5, 0.6) is 0 Å². The summed E-state index contributed by atoms with van der Waals surface area (Å²) in [6.45, 7) is 5.11. The Morgan fingerprint density at radius 2 is 1.59 bits per heavy atom. The fraction of sp³-hybridized carbons (Fsp3) is 0.462. The van der Waals surface area contributed by atoms with E-state index in [2.05, 4.69) is 4.90 Å². The summed E-state index contributed by atoms with van der Waals surface area (Å²) >= 11 is 0. The van der Waals surface area contributed by atoms with Gasteiger partial charge in [0.2, 0.25) is 5.91 Å². The molecule has 172 valence electrons. The van der Waals surface area contributed by atoms with Gasteiger partial charge in [-0.15, -0.1) is 0 Å². The third-order valence-corrected chi connectivity index (χ3v) is 6.47. The number of hydrogen-bond acceptors (Lipinski definition) is 5. The van der Waals surface area contributed by atoms with Crippen LogP contribution < -0.4 is 16.4 Å². The molecule has 0 aromatic heterocycles. The lowest BCUT2D eigenvalue weighted by Gasteiger charge is -2.27. The summed E-state index contributed by atoms with van der Waals surface area (Å²) in [6, 6.07) is 15.7. The van der Waals surface area contributed by atoms with Crippen molar-refractivity contribution < 1.29 is 9.59 Å². The molecule has 1 aliphatic rings. The van der Waals surface area contributed by atoms with Crippen LogP contribution in [-0.4, -0.2) is 55.4 Å². The van der Waals surface area contributed by atoms with Gasteiger partial charge < -0.3 is 21.3 Å². The summed E-state index contributed by atoms with van der Waals surface area (Å²) in [7, 11) is 1.76. The molecule has 6 nitrogen and oxygen atoms in total. The second-order valence-corrected chi connectivity index (χ2v) is 8.85. The second kappa shape index (κ2) is 10.7. The number of carbonyl (C=O) groups excluding carboxylic acids is 2. The smallest absolute Gasteiger partial charge is 0.226 e. The Kier molecular flexibility index (Phi) is 8.04. The van der Waals surface area contributed by atoms with E-state index in [4.69, 9.17) is 11.5 Å². The number of amides is 1. The fourth-order valence-corrected chi connectivity index (χ4v) is 4.22. The van der Waals surface area contributed by atoms with E-state index in [1.54, 1.807) is 11.9 Å². The summed E-state index contributed by atoms with van der Waals surface area (Å²) in [5, 5.41) is 0. The highest BCUT2D eigenvalue weighted by Gasteiger charge is 2.33. The average Bonchev–Trinajstić information content (AvgIpc) is 3.35. The van der Waals surface area contributed by atoms with Gasteiger partial charge in [0.15, 0.2) is 5.78 Å².